The molecule has 1 atom stereocenters. The van der Waals surface area contributed by atoms with Gasteiger partial charge in [0.15, 0.2) is 0 Å². The Hall–Kier alpha value is -1.20. The van der Waals surface area contributed by atoms with Gasteiger partial charge < -0.3 is 11.1 Å². The van der Waals surface area contributed by atoms with Crippen molar-refractivity contribution < 1.29 is 0 Å². The van der Waals surface area contributed by atoms with E-state index in [0.717, 1.165) is 18.8 Å². The predicted octanol–water partition coefficient (Wildman–Crippen LogP) is 1.61. The molecule has 0 radical (unpaired) electrons. The molecule has 1 unspecified atom stereocenters. The number of nitrogens with two attached hydrogens (primary N) is 1. The molecule has 1 aromatic rings. The van der Waals surface area contributed by atoms with E-state index >= 15 is 0 Å². The first-order valence-electron chi connectivity index (χ1n) is 6.44. The lowest BCUT2D eigenvalue weighted by molar-refractivity contribution is 0.277. The van der Waals surface area contributed by atoms with Crippen LogP contribution in [0.2, 0.25) is 0 Å². The number of hydrogen-bond acceptors (Lipinski definition) is 4. The zero-order valence-corrected chi connectivity index (χ0v) is 11.5. The van der Waals surface area contributed by atoms with E-state index in [-0.39, 0.29) is 0 Å². The second kappa shape index (κ2) is 6.11. The number of anilines is 1. The highest BCUT2D eigenvalue weighted by Gasteiger charge is 2.22. The molecule has 1 aliphatic rings. The minimum atomic E-state index is 0.342. The minimum Gasteiger partial charge on any atom is -0.388 e. The third-order valence-corrected chi connectivity index (χ3v) is 3.67. The summed E-state index contributed by atoms with van der Waals surface area (Å²) >= 11 is 4.88. The Morgan fingerprint density at radius 3 is 3.06 bits per heavy atom. The summed E-state index contributed by atoms with van der Waals surface area (Å²) in [4.78, 5) is 7.08. The molecule has 3 N–H and O–H groups in total. The van der Waals surface area contributed by atoms with Crippen LogP contribution in [-0.2, 0) is 0 Å². The maximum Gasteiger partial charge on any atom is 0.122 e. The Morgan fingerprint density at radius 1 is 1.61 bits per heavy atom. The van der Waals surface area contributed by atoms with Crippen LogP contribution in [0, 0.1) is 0 Å². The second-order valence-electron chi connectivity index (χ2n) is 4.60. The lowest BCUT2D eigenvalue weighted by Crippen LogP contribution is -2.34. The maximum absolute atomic E-state index is 5.52. The molecule has 1 saturated heterocycles. The van der Waals surface area contributed by atoms with E-state index in [0.29, 0.717) is 16.7 Å². The van der Waals surface area contributed by atoms with Crippen LogP contribution in [0.25, 0.3) is 0 Å². The fraction of sp³-hybridized carbons (Fsp3) is 0.538. The van der Waals surface area contributed by atoms with E-state index in [4.69, 9.17) is 18.0 Å². The highest BCUT2D eigenvalue weighted by molar-refractivity contribution is 7.80. The number of nitrogens with one attached hydrogen (secondary N) is 1. The average molecular weight is 264 g/mol. The summed E-state index contributed by atoms with van der Waals surface area (Å²) in [6, 6.07) is 4.48. The minimum absolute atomic E-state index is 0.342. The standard InChI is InChI=1S/C13H20N4S/c1-2-17-7-3-4-11(17)9-15-10-5-6-12(13(14)18)16-8-10/h5-6,8,11,15H,2-4,7,9H2,1H3,(H2,14,18). The molecule has 5 heteroatoms. The van der Waals surface area contributed by atoms with E-state index < -0.39 is 0 Å². The average Bonchev–Trinajstić information content (AvgIpc) is 2.84. The van der Waals surface area contributed by atoms with Gasteiger partial charge in [-0.3, -0.25) is 9.88 Å². The molecule has 0 bridgehead atoms. The Labute approximate surface area is 114 Å². The number of likely N-dealkylation sites (tertiary alicyclic amines) is 1. The van der Waals surface area contributed by atoms with Gasteiger partial charge in [0.2, 0.25) is 0 Å². The SMILES string of the molecule is CCN1CCCC1CNc1ccc(C(N)=S)nc1. The zero-order valence-electron chi connectivity index (χ0n) is 10.7. The Morgan fingerprint density at radius 2 is 2.44 bits per heavy atom. The van der Waals surface area contributed by atoms with Crippen LogP contribution < -0.4 is 11.1 Å². The fourth-order valence-electron chi connectivity index (χ4n) is 2.42. The molecule has 2 heterocycles. The van der Waals surface area contributed by atoms with Gasteiger partial charge in [0.25, 0.3) is 0 Å². The first kappa shape index (κ1) is 13.2. The predicted molar refractivity (Wildman–Crippen MR) is 78.9 cm³/mol. The summed E-state index contributed by atoms with van der Waals surface area (Å²) < 4.78 is 0. The quantitative estimate of drug-likeness (QED) is 0.791. The molecule has 4 nitrogen and oxygen atoms in total. The molecule has 0 amide bonds. The normalized spacial score (nSPS) is 19.9. The number of nitrogens with zero attached hydrogens (tertiary/aromatic N) is 2. The topological polar surface area (TPSA) is 54.2 Å². The fourth-order valence-corrected chi connectivity index (χ4v) is 2.54. The van der Waals surface area contributed by atoms with Crippen molar-refractivity contribution in [2.75, 3.05) is 25.0 Å². The van der Waals surface area contributed by atoms with Crippen LogP contribution in [0.1, 0.15) is 25.5 Å². The third kappa shape index (κ3) is 3.17. The van der Waals surface area contributed by atoms with E-state index in [1.165, 1.54) is 19.4 Å². The van der Waals surface area contributed by atoms with E-state index in [2.05, 4.69) is 22.1 Å². The number of pyridine rings is 1. The maximum atomic E-state index is 5.52. The van der Waals surface area contributed by atoms with Gasteiger partial charge in [-0.2, -0.15) is 0 Å². The molecule has 0 aromatic carbocycles. The summed E-state index contributed by atoms with van der Waals surface area (Å²) in [5.41, 5.74) is 7.21. The highest BCUT2D eigenvalue weighted by atomic mass is 32.1. The van der Waals surface area contributed by atoms with Crippen molar-refractivity contribution in [2.45, 2.75) is 25.8 Å². The molecular formula is C13H20N4S. The molecule has 98 valence electrons. The van der Waals surface area contributed by atoms with E-state index in [1.807, 2.05) is 12.1 Å². The van der Waals surface area contributed by atoms with Crippen LogP contribution in [-0.4, -0.2) is 40.5 Å². The first-order chi connectivity index (χ1) is 8.70. The van der Waals surface area contributed by atoms with Crippen molar-refractivity contribution in [1.82, 2.24) is 9.88 Å². The molecule has 1 aliphatic heterocycles. The van der Waals surface area contributed by atoms with Crippen molar-refractivity contribution in [2.24, 2.45) is 5.73 Å². The van der Waals surface area contributed by atoms with Crippen LogP contribution in [0.4, 0.5) is 5.69 Å². The molecule has 0 saturated carbocycles. The number of aromatic nitrogens is 1. The highest BCUT2D eigenvalue weighted by Crippen LogP contribution is 2.17. The van der Waals surface area contributed by atoms with Gasteiger partial charge >= 0.3 is 0 Å². The molecule has 1 fully saturated rings. The number of hydrogen-bond donors (Lipinski definition) is 2. The summed E-state index contributed by atoms with van der Waals surface area (Å²) in [5, 5.41) is 3.43. The Balaban J connectivity index is 1.88. The smallest absolute Gasteiger partial charge is 0.122 e. The summed E-state index contributed by atoms with van der Waals surface area (Å²) in [6.45, 7) is 5.55. The first-order valence-corrected chi connectivity index (χ1v) is 6.85. The van der Waals surface area contributed by atoms with Crippen LogP contribution in [0.5, 0.6) is 0 Å². The lowest BCUT2D eigenvalue weighted by Gasteiger charge is -2.23. The summed E-state index contributed by atoms with van der Waals surface area (Å²) in [6.07, 6.45) is 4.37. The zero-order chi connectivity index (χ0) is 13.0. The second-order valence-corrected chi connectivity index (χ2v) is 5.04. The van der Waals surface area contributed by atoms with Gasteiger partial charge in [-0.15, -0.1) is 0 Å². The van der Waals surface area contributed by atoms with Crippen LogP contribution >= 0.6 is 12.2 Å². The Bertz CT molecular complexity index is 404. The van der Waals surface area contributed by atoms with Crippen molar-refractivity contribution in [3.05, 3.63) is 24.0 Å². The molecule has 18 heavy (non-hydrogen) atoms. The van der Waals surface area contributed by atoms with E-state index in [1.54, 1.807) is 6.20 Å². The van der Waals surface area contributed by atoms with Crippen LogP contribution in [0.15, 0.2) is 18.3 Å². The summed E-state index contributed by atoms with van der Waals surface area (Å²) in [7, 11) is 0. The van der Waals surface area contributed by atoms with Crippen molar-refractivity contribution in [3.63, 3.8) is 0 Å². The molecule has 0 aliphatic carbocycles. The van der Waals surface area contributed by atoms with Gasteiger partial charge in [0.1, 0.15) is 4.99 Å². The lowest BCUT2D eigenvalue weighted by atomic mass is 10.2. The van der Waals surface area contributed by atoms with Crippen molar-refractivity contribution >= 4 is 22.9 Å². The van der Waals surface area contributed by atoms with Gasteiger partial charge in [-0.05, 0) is 38.1 Å². The molecule has 2 rings (SSSR count). The molecule has 0 spiro atoms. The largest absolute Gasteiger partial charge is 0.388 e. The van der Waals surface area contributed by atoms with Crippen LogP contribution in [0.3, 0.4) is 0 Å². The number of likely N-dealkylation sites (N-methyl/N-ethyl adjacent to an activating group) is 1. The Kier molecular flexibility index (Phi) is 4.49. The van der Waals surface area contributed by atoms with Crippen molar-refractivity contribution in [3.8, 4) is 0 Å². The monoisotopic (exact) mass is 264 g/mol. The molecule has 1 aromatic heterocycles. The third-order valence-electron chi connectivity index (χ3n) is 3.46. The molecular weight excluding hydrogens is 244 g/mol. The van der Waals surface area contributed by atoms with E-state index in [9.17, 15) is 0 Å². The number of rotatable bonds is 5. The van der Waals surface area contributed by atoms with Gasteiger partial charge in [-0.1, -0.05) is 19.1 Å². The summed E-state index contributed by atoms with van der Waals surface area (Å²) in [5.74, 6) is 0. The van der Waals surface area contributed by atoms with Gasteiger partial charge in [0, 0.05) is 12.6 Å². The van der Waals surface area contributed by atoms with Gasteiger partial charge in [0.05, 0.1) is 17.6 Å². The number of thiocarbonyl (C=S) groups is 1. The van der Waals surface area contributed by atoms with Gasteiger partial charge in [-0.25, -0.2) is 0 Å². The van der Waals surface area contributed by atoms with Crippen molar-refractivity contribution in [1.29, 1.82) is 0 Å².